The summed E-state index contributed by atoms with van der Waals surface area (Å²) in [4.78, 5) is 0. The Balaban J connectivity index is 2.61. The molecule has 5 heteroatoms. The van der Waals surface area contributed by atoms with Crippen molar-refractivity contribution in [2.45, 2.75) is 11.3 Å². The number of nitrogens with zero attached hydrogens (tertiary/aromatic N) is 2. The second-order valence-corrected chi connectivity index (χ2v) is 4.33. The number of thioether (sulfide) groups is 1. The third kappa shape index (κ3) is 2.12. The van der Waals surface area contributed by atoms with Crippen LogP contribution in [0.2, 0.25) is 0 Å². The molecule has 0 spiro atoms. The summed E-state index contributed by atoms with van der Waals surface area (Å²) in [7, 11) is 0. The van der Waals surface area contributed by atoms with Crippen molar-refractivity contribution < 1.29 is 0 Å². The van der Waals surface area contributed by atoms with Gasteiger partial charge in [-0.05, 0) is 6.92 Å². The van der Waals surface area contributed by atoms with Crippen molar-refractivity contribution in [1.29, 1.82) is 0 Å². The lowest BCUT2D eigenvalue weighted by Crippen LogP contribution is -1.69. The molecule has 0 N–H and O–H groups in total. The molecule has 1 rings (SSSR count). The van der Waals surface area contributed by atoms with Crippen LogP contribution in [0.5, 0.6) is 0 Å². The molecule has 0 amide bonds. The number of alkyl halides is 1. The second kappa shape index (κ2) is 3.39. The number of aromatic nitrogens is 2. The van der Waals surface area contributed by atoms with E-state index in [4.69, 9.17) is 11.6 Å². The van der Waals surface area contributed by atoms with E-state index in [1.807, 2.05) is 6.92 Å². The number of hydrogen-bond donors (Lipinski definition) is 0. The van der Waals surface area contributed by atoms with E-state index < -0.39 is 0 Å². The zero-order chi connectivity index (χ0) is 6.69. The van der Waals surface area contributed by atoms with E-state index in [0.29, 0.717) is 5.21 Å². The van der Waals surface area contributed by atoms with E-state index in [1.54, 1.807) is 11.3 Å². The molecule has 0 unspecified atom stereocenters. The zero-order valence-electron chi connectivity index (χ0n) is 4.80. The van der Waals surface area contributed by atoms with Gasteiger partial charge in [0.15, 0.2) is 4.34 Å². The topological polar surface area (TPSA) is 25.8 Å². The van der Waals surface area contributed by atoms with E-state index in [2.05, 4.69) is 10.2 Å². The number of halogens is 1. The van der Waals surface area contributed by atoms with E-state index in [9.17, 15) is 0 Å². The van der Waals surface area contributed by atoms with Gasteiger partial charge in [0.05, 0.1) is 5.21 Å². The highest BCUT2D eigenvalue weighted by atomic mass is 35.5. The molecule has 2 nitrogen and oxygen atoms in total. The first-order valence-electron chi connectivity index (χ1n) is 2.32. The third-order valence-corrected chi connectivity index (χ3v) is 2.69. The Kier molecular flexibility index (Phi) is 2.75. The van der Waals surface area contributed by atoms with Gasteiger partial charge < -0.3 is 0 Å². The summed E-state index contributed by atoms with van der Waals surface area (Å²) in [5, 5.41) is 9.22. The quantitative estimate of drug-likeness (QED) is 0.515. The number of rotatable bonds is 2. The van der Waals surface area contributed by atoms with Gasteiger partial charge in [0, 0.05) is 0 Å². The Morgan fingerprint density at radius 1 is 1.67 bits per heavy atom. The molecule has 50 valence electrons. The summed E-state index contributed by atoms with van der Waals surface area (Å²) in [6, 6.07) is 0. The molecule has 0 aliphatic carbocycles. The predicted molar refractivity (Wildman–Crippen MR) is 41.2 cm³/mol. The lowest BCUT2D eigenvalue weighted by molar-refractivity contribution is 0.985. The molecule has 0 fully saturated rings. The van der Waals surface area contributed by atoms with Gasteiger partial charge in [-0.25, -0.2) is 0 Å². The van der Waals surface area contributed by atoms with Crippen LogP contribution >= 0.6 is 34.7 Å². The third-order valence-electron chi connectivity index (χ3n) is 0.686. The van der Waals surface area contributed by atoms with E-state index >= 15 is 0 Å². The molecule has 0 saturated heterocycles. The SMILES string of the molecule is Cc1nnc(SCCl)s1. The monoisotopic (exact) mass is 180 g/mol. The van der Waals surface area contributed by atoms with Crippen LogP contribution in [0.1, 0.15) is 5.01 Å². The Labute approximate surface area is 66.6 Å². The molecule has 0 aromatic carbocycles. The Bertz CT molecular complexity index is 188. The molecule has 1 aromatic heterocycles. The van der Waals surface area contributed by atoms with Crippen LogP contribution in [0.15, 0.2) is 4.34 Å². The number of hydrogen-bond acceptors (Lipinski definition) is 4. The van der Waals surface area contributed by atoms with Crippen molar-refractivity contribution >= 4 is 34.7 Å². The van der Waals surface area contributed by atoms with Crippen molar-refractivity contribution in [2.24, 2.45) is 0 Å². The highest BCUT2D eigenvalue weighted by Gasteiger charge is 1.97. The normalized spacial score (nSPS) is 10.0. The molecule has 0 bridgehead atoms. The van der Waals surface area contributed by atoms with Gasteiger partial charge in [0.25, 0.3) is 0 Å². The largest absolute Gasteiger partial charge is 0.175 e. The highest BCUT2D eigenvalue weighted by molar-refractivity contribution is 8.02. The first kappa shape index (κ1) is 7.31. The summed E-state index contributed by atoms with van der Waals surface area (Å²) >= 11 is 8.52. The fourth-order valence-electron chi connectivity index (χ4n) is 0.383. The van der Waals surface area contributed by atoms with Crippen molar-refractivity contribution in [3.05, 3.63) is 5.01 Å². The molecule has 9 heavy (non-hydrogen) atoms. The summed E-state index contributed by atoms with van der Waals surface area (Å²) < 4.78 is 0.947. The van der Waals surface area contributed by atoms with Gasteiger partial charge in [-0.15, -0.1) is 21.8 Å². The first-order valence-corrected chi connectivity index (χ1v) is 4.65. The number of aryl methyl sites for hydroxylation is 1. The lowest BCUT2D eigenvalue weighted by Gasteiger charge is -1.81. The zero-order valence-corrected chi connectivity index (χ0v) is 7.18. The minimum Gasteiger partial charge on any atom is -0.143 e. The highest BCUT2D eigenvalue weighted by Crippen LogP contribution is 2.21. The Hall–Kier alpha value is 0.200. The maximum atomic E-state index is 5.45. The van der Waals surface area contributed by atoms with Crippen LogP contribution in [0.4, 0.5) is 0 Å². The summed E-state index contributed by atoms with van der Waals surface area (Å²) in [5.41, 5.74) is 0. The fourth-order valence-corrected chi connectivity index (χ4v) is 2.27. The van der Waals surface area contributed by atoms with Gasteiger partial charge in [0.2, 0.25) is 0 Å². The predicted octanol–water partition coefficient (Wildman–Crippen LogP) is 2.13. The smallest absolute Gasteiger partial charge is 0.143 e. The summed E-state index contributed by atoms with van der Waals surface area (Å²) in [5.74, 6) is 0. The van der Waals surface area contributed by atoms with Gasteiger partial charge in [-0.1, -0.05) is 23.1 Å². The van der Waals surface area contributed by atoms with Crippen molar-refractivity contribution in [1.82, 2.24) is 10.2 Å². The van der Waals surface area contributed by atoms with E-state index in [0.717, 1.165) is 9.35 Å². The van der Waals surface area contributed by atoms with Crippen LogP contribution in [0, 0.1) is 6.92 Å². The van der Waals surface area contributed by atoms with Crippen molar-refractivity contribution in [3.63, 3.8) is 0 Å². The summed E-state index contributed by atoms with van der Waals surface area (Å²) in [6.45, 7) is 1.93. The standard InChI is InChI=1S/C4H5ClN2S2/c1-3-6-7-4(9-3)8-2-5/h2H2,1H3. The Morgan fingerprint density at radius 2 is 2.44 bits per heavy atom. The summed E-state index contributed by atoms with van der Waals surface area (Å²) in [6.07, 6.45) is 0. The van der Waals surface area contributed by atoms with Crippen molar-refractivity contribution in [3.8, 4) is 0 Å². The minimum absolute atomic E-state index is 0.550. The molecular weight excluding hydrogens is 176 g/mol. The average molecular weight is 181 g/mol. The van der Waals surface area contributed by atoms with Crippen LogP contribution in [0.3, 0.4) is 0 Å². The minimum atomic E-state index is 0.550. The van der Waals surface area contributed by atoms with Gasteiger partial charge in [0.1, 0.15) is 5.01 Å². The maximum Gasteiger partial charge on any atom is 0.175 e. The van der Waals surface area contributed by atoms with Crippen LogP contribution < -0.4 is 0 Å². The Morgan fingerprint density at radius 3 is 2.89 bits per heavy atom. The second-order valence-electron chi connectivity index (χ2n) is 1.34. The fraction of sp³-hybridized carbons (Fsp3) is 0.500. The van der Waals surface area contributed by atoms with Crippen LogP contribution in [0.25, 0.3) is 0 Å². The van der Waals surface area contributed by atoms with Crippen molar-refractivity contribution in [2.75, 3.05) is 5.21 Å². The molecule has 1 aromatic rings. The van der Waals surface area contributed by atoms with E-state index in [-0.39, 0.29) is 0 Å². The van der Waals surface area contributed by atoms with E-state index in [1.165, 1.54) is 11.8 Å². The first-order chi connectivity index (χ1) is 4.33. The van der Waals surface area contributed by atoms with Crippen LogP contribution in [-0.4, -0.2) is 15.4 Å². The molecule has 0 aliphatic heterocycles. The van der Waals surface area contributed by atoms with Gasteiger partial charge in [-0.3, -0.25) is 0 Å². The molecular formula is C4H5ClN2S2. The van der Waals surface area contributed by atoms with Gasteiger partial charge in [-0.2, -0.15) is 0 Å². The molecule has 0 radical (unpaired) electrons. The maximum absolute atomic E-state index is 5.45. The lowest BCUT2D eigenvalue weighted by atomic mass is 10.9. The molecule has 0 aliphatic rings. The molecule has 1 heterocycles. The molecule has 0 saturated carbocycles. The average Bonchev–Trinajstić information content (AvgIpc) is 2.17. The molecule has 0 atom stereocenters. The van der Waals surface area contributed by atoms with Crippen LogP contribution in [-0.2, 0) is 0 Å². The van der Waals surface area contributed by atoms with Gasteiger partial charge >= 0.3 is 0 Å².